The van der Waals surface area contributed by atoms with Gasteiger partial charge in [-0.25, -0.2) is 4.79 Å². The molecule has 1 aromatic carbocycles. The summed E-state index contributed by atoms with van der Waals surface area (Å²) in [5.74, 6) is 0.462. The van der Waals surface area contributed by atoms with Crippen molar-refractivity contribution in [2.75, 3.05) is 11.4 Å². The van der Waals surface area contributed by atoms with Gasteiger partial charge in [0.15, 0.2) is 5.78 Å². The number of hydrogen-bond donors (Lipinski definition) is 0. The van der Waals surface area contributed by atoms with Crippen LogP contribution in [0.25, 0.3) is 0 Å². The molecule has 1 unspecified atom stereocenters. The standard InChI is InChI=1S/C21H23ClN2O4/c1-21(2,3)28-20(27)23-13-16(24-18(23)5-4-6-19(24)26)11-12-17(25)14-7-9-15(22)10-8-14/h4-10,16H,11-13H2,1-3H3. The van der Waals surface area contributed by atoms with E-state index in [0.29, 0.717) is 29.4 Å². The number of benzene rings is 1. The summed E-state index contributed by atoms with van der Waals surface area (Å²) in [5.41, 5.74) is -0.265. The number of carbonyl (C=O) groups is 2. The Morgan fingerprint density at radius 3 is 2.46 bits per heavy atom. The Morgan fingerprint density at radius 1 is 1.14 bits per heavy atom. The van der Waals surface area contributed by atoms with E-state index in [1.54, 1.807) is 61.7 Å². The number of hydrogen-bond acceptors (Lipinski definition) is 4. The van der Waals surface area contributed by atoms with Gasteiger partial charge in [-0.05, 0) is 57.5 Å². The highest BCUT2D eigenvalue weighted by atomic mass is 35.5. The number of ketones is 1. The zero-order valence-corrected chi connectivity index (χ0v) is 16.9. The van der Waals surface area contributed by atoms with Gasteiger partial charge in [-0.15, -0.1) is 0 Å². The summed E-state index contributed by atoms with van der Waals surface area (Å²) in [7, 11) is 0. The van der Waals surface area contributed by atoms with Gasteiger partial charge in [0.05, 0.1) is 12.6 Å². The first-order valence-corrected chi connectivity index (χ1v) is 9.54. The summed E-state index contributed by atoms with van der Waals surface area (Å²) in [5, 5.41) is 0.570. The van der Waals surface area contributed by atoms with Crippen LogP contribution in [0.2, 0.25) is 5.02 Å². The predicted molar refractivity (Wildman–Crippen MR) is 108 cm³/mol. The molecule has 7 heteroatoms. The third-order valence-electron chi connectivity index (χ3n) is 4.49. The molecule has 0 saturated heterocycles. The molecule has 0 spiro atoms. The van der Waals surface area contributed by atoms with Crippen LogP contribution in [0.15, 0.2) is 47.3 Å². The zero-order chi connectivity index (χ0) is 20.5. The minimum absolute atomic E-state index is 0.0297. The fraction of sp³-hybridized carbons (Fsp3) is 0.381. The Balaban J connectivity index is 1.77. The summed E-state index contributed by atoms with van der Waals surface area (Å²) < 4.78 is 7.03. The number of fused-ring (bicyclic) bond motifs is 1. The average Bonchev–Trinajstić information content (AvgIpc) is 2.99. The normalized spacial score (nSPS) is 16.0. The number of aromatic nitrogens is 1. The van der Waals surface area contributed by atoms with Crippen LogP contribution in [0.3, 0.4) is 0 Å². The number of anilines is 1. The van der Waals surface area contributed by atoms with Gasteiger partial charge in [0, 0.05) is 23.1 Å². The lowest BCUT2D eigenvalue weighted by atomic mass is 10.0. The minimum atomic E-state index is -0.639. The van der Waals surface area contributed by atoms with E-state index in [9.17, 15) is 14.4 Å². The summed E-state index contributed by atoms with van der Waals surface area (Å²) in [6.07, 6.45) is 0.200. The van der Waals surface area contributed by atoms with Gasteiger partial charge in [0.1, 0.15) is 11.4 Å². The van der Waals surface area contributed by atoms with Crippen molar-refractivity contribution in [2.24, 2.45) is 0 Å². The van der Waals surface area contributed by atoms with Gasteiger partial charge in [-0.3, -0.25) is 19.1 Å². The SMILES string of the molecule is CC(C)(C)OC(=O)N1CC(CCC(=O)c2ccc(Cl)cc2)n2c1cccc2=O. The lowest BCUT2D eigenvalue weighted by Crippen LogP contribution is -2.36. The second kappa shape index (κ2) is 7.80. The summed E-state index contributed by atoms with van der Waals surface area (Å²) in [6.45, 7) is 5.67. The van der Waals surface area contributed by atoms with Crippen LogP contribution in [0.1, 0.15) is 50.0 Å². The molecule has 0 fully saturated rings. The van der Waals surface area contributed by atoms with Crippen molar-refractivity contribution in [1.82, 2.24) is 4.57 Å². The van der Waals surface area contributed by atoms with Crippen molar-refractivity contribution in [2.45, 2.75) is 45.3 Å². The van der Waals surface area contributed by atoms with E-state index in [2.05, 4.69) is 0 Å². The Labute approximate surface area is 168 Å². The fourth-order valence-electron chi connectivity index (χ4n) is 3.25. The van der Waals surface area contributed by atoms with Crippen molar-refractivity contribution >= 4 is 29.3 Å². The second-order valence-electron chi connectivity index (χ2n) is 7.81. The van der Waals surface area contributed by atoms with Crippen molar-refractivity contribution in [3.05, 3.63) is 63.4 Å². The molecule has 0 aliphatic carbocycles. The van der Waals surface area contributed by atoms with Gasteiger partial charge in [-0.2, -0.15) is 0 Å². The van der Waals surface area contributed by atoms with Gasteiger partial charge in [0.2, 0.25) is 0 Å². The highest BCUT2D eigenvalue weighted by molar-refractivity contribution is 6.30. The molecule has 28 heavy (non-hydrogen) atoms. The quantitative estimate of drug-likeness (QED) is 0.708. The number of amides is 1. The topological polar surface area (TPSA) is 68.6 Å². The number of rotatable bonds is 4. The zero-order valence-electron chi connectivity index (χ0n) is 16.1. The molecule has 1 aromatic heterocycles. The first kappa shape index (κ1) is 20.1. The number of pyridine rings is 1. The number of carbonyl (C=O) groups excluding carboxylic acids is 2. The van der Waals surface area contributed by atoms with Gasteiger partial charge >= 0.3 is 6.09 Å². The summed E-state index contributed by atoms with van der Waals surface area (Å²) in [6, 6.07) is 11.2. The summed E-state index contributed by atoms with van der Waals surface area (Å²) >= 11 is 5.86. The van der Waals surface area contributed by atoms with E-state index in [0.717, 1.165) is 0 Å². The molecule has 0 radical (unpaired) electrons. The number of nitrogens with zero attached hydrogens (tertiary/aromatic N) is 2. The van der Waals surface area contributed by atoms with E-state index in [1.807, 2.05) is 0 Å². The van der Waals surface area contributed by atoms with E-state index in [4.69, 9.17) is 16.3 Å². The number of ether oxygens (including phenoxy) is 1. The van der Waals surface area contributed by atoms with E-state index < -0.39 is 11.7 Å². The van der Waals surface area contributed by atoms with Crippen LogP contribution in [-0.2, 0) is 4.74 Å². The molecule has 0 saturated carbocycles. The Morgan fingerprint density at radius 2 is 1.82 bits per heavy atom. The van der Waals surface area contributed by atoms with Crippen LogP contribution < -0.4 is 10.5 Å². The van der Waals surface area contributed by atoms with Gasteiger partial charge in [-0.1, -0.05) is 17.7 Å². The lowest BCUT2D eigenvalue weighted by molar-refractivity contribution is 0.0582. The fourth-order valence-corrected chi connectivity index (χ4v) is 3.37. The molecule has 0 N–H and O–H groups in total. The van der Waals surface area contributed by atoms with Gasteiger partial charge in [0.25, 0.3) is 5.56 Å². The van der Waals surface area contributed by atoms with Crippen molar-refractivity contribution in [1.29, 1.82) is 0 Å². The van der Waals surface area contributed by atoms with Crippen molar-refractivity contribution < 1.29 is 14.3 Å². The van der Waals surface area contributed by atoms with Crippen LogP contribution in [0.4, 0.5) is 10.6 Å². The Kier molecular flexibility index (Phi) is 5.61. The monoisotopic (exact) mass is 402 g/mol. The molecule has 0 bridgehead atoms. The van der Waals surface area contributed by atoms with Crippen LogP contribution >= 0.6 is 11.6 Å². The molecule has 1 aliphatic heterocycles. The molecule has 1 aliphatic rings. The molecule has 1 amide bonds. The van der Waals surface area contributed by atoms with Crippen LogP contribution in [-0.4, -0.2) is 28.6 Å². The average molecular weight is 403 g/mol. The van der Waals surface area contributed by atoms with E-state index >= 15 is 0 Å². The molecule has 148 valence electrons. The molecule has 2 heterocycles. The van der Waals surface area contributed by atoms with Crippen LogP contribution in [0.5, 0.6) is 0 Å². The second-order valence-corrected chi connectivity index (χ2v) is 8.24. The maximum atomic E-state index is 12.6. The third-order valence-corrected chi connectivity index (χ3v) is 4.74. The maximum Gasteiger partial charge on any atom is 0.416 e. The smallest absolute Gasteiger partial charge is 0.416 e. The van der Waals surface area contributed by atoms with Crippen molar-refractivity contribution in [3.8, 4) is 0 Å². The molecule has 6 nitrogen and oxygen atoms in total. The molecular weight excluding hydrogens is 380 g/mol. The molecule has 3 rings (SSSR count). The van der Waals surface area contributed by atoms with Gasteiger partial charge < -0.3 is 4.74 Å². The number of Topliss-reactive ketones (excluding diaryl/α,β-unsaturated/α-hetero) is 1. The number of halogens is 1. The lowest BCUT2D eigenvalue weighted by Gasteiger charge is -2.24. The van der Waals surface area contributed by atoms with Crippen LogP contribution in [0, 0.1) is 0 Å². The molecule has 1 atom stereocenters. The maximum absolute atomic E-state index is 12.6. The third kappa shape index (κ3) is 4.44. The Bertz CT molecular complexity index is 944. The predicted octanol–water partition coefficient (Wildman–Crippen LogP) is 4.46. The first-order valence-electron chi connectivity index (χ1n) is 9.16. The highest BCUT2D eigenvalue weighted by Crippen LogP contribution is 2.31. The van der Waals surface area contributed by atoms with Crippen molar-refractivity contribution in [3.63, 3.8) is 0 Å². The largest absolute Gasteiger partial charge is 0.443 e. The van der Waals surface area contributed by atoms with E-state index in [-0.39, 0.29) is 23.8 Å². The summed E-state index contributed by atoms with van der Waals surface area (Å²) in [4.78, 5) is 38.9. The Hall–Kier alpha value is -2.60. The van der Waals surface area contributed by atoms with E-state index in [1.165, 1.54) is 11.0 Å². The highest BCUT2D eigenvalue weighted by Gasteiger charge is 2.35. The molecular formula is C21H23ClN2O4. The molecule has 2 aromatic rings. The first-order chi connectivity index (χ1) is 13.2. The minimum Gasteiger partial charge on any atom is -0.443 e.